The van der Waals surface area contributed by atoms with E-state index < -0.39 is 0 Å². The van der Waals surface area contributed by atoms with Crippen LogP contribution >= 0.6 is 0 Å². The standard InChI is InChI=1S/C48H34BFN4/c50-37-19-9-35(10-20-37)36-29-46-48-47(30-36)54(41-27-17-34(18-28-41)32-13-23-39(52)24-14-32)45-8-4-2-6-43(45)49(48)42-5-1-3-7-44(42)53(46)40-25-15-33(16-26-40)31-11-21-38(51)22-12-31/h1-30H,51-52H2. The third-order valence-electron chi connectivity index (χ3n) is 10.8. The second-order valence-electron chi connectivity index (χ2n) is 14.0. The molecule has 4 N–H and O–H groups in total. The molecular weight excluding hydrogens is 662 g/mol. The molecule has 0 aromatic heterocycles. The second kappa shape index (κ2) is 12.6. The Hall–Kier alpha value is -7.05. The van der Waals surface area contributed by atoms with Crippen molar-refractivity contribution in [1.82, 2.24) is 0 Å². The Balaban J connectivity index is 1.20. The lowest BCUT2D eigenvalue weighted by Gasteiger charge is -2.44. The summed E-state index contributed by atoms with van der Waals surface area (Å²) in [4.78, 5) is 4.78. The predicted molar refractivity (Wildman–Crippen MR) is 226 cm³/mol. The normalized spacial score (nSPS) is 12.6. The molecule has 6 heteroatoms. The van der Waals surface area contributed by atoms with Crippen molar-refractivity contribution in [3.05, 3.63) is 188 Å². The first-order valence-corrected chi connectivity index (χ1v) is 18.1. The number of fused-ring (bicyclic) bond motifs is 4. The van der Waals surface area contributed by atoms with Crippen LogP contribution in [-0.4, -0.2) is 6.71 Å². The van der Waals surface area contributed by atoms with Gasteiger partial charge in [-0.1, -0.05) is 97.1 Å². The lowest BCUT2D eigenvalue weighted by Crippen LogP contribution is -2.61. The number of benzene rings is 8. The van der Waals surface area contributed by atoms with Gasteiger partial charge >= 0.3 is 0 Å². The van der Waals surface area contributed by atoms with E-state index in [2.05, 4.69) is 143 Å². The smallest absolute Gasteiger partial charge is 0.252 e. The number of rotatable bonds is 5. The summed E-state index contributed by atoms with van der Waals surface area (Å²) in [5.41, 5.74) is 30.2. The van der Waals surface area contributed by atoms with Gasteiger partial charge in [-0.05, 0) is 135 Å². The van der Waals surface area contributed by atoms with Crippen LogP contribution in [-0.2, 0) is 0 Å². The highest BCUT2D eigenvalue weighted by Crippen LogP contribution is 2.46. The van der Waals surface area contributed by atoms with Crippen molar-refractivity contribution in [3.63, 3.8) is 0 Å². The van der Waals surface area contributed by atoms with Gasteiger partial charge in [0.2, 0.25) is 0 Å². The van der Waals surface area contributed by atoms with Gasteiger partial charge in [0.25, 0.3) is 6.71 Å². The Morgan fingerprint density at radius 3 is 1.15 bits per heavy atom. The van der Waals surface area contributed by atoms with Crippen molar-refractivity contribution in [1.29, 1.82) is 0 Å². The summed E-state index contributed by atoms with van der Waals surface area (Å²) in [5, 5.41) is 0. The van der Waals surface area contributed by atoms with E-state index in [9.17, 15) is 4.39 Å². The Morgan fingerprint density at radius 1 is 0.370 bits per heavy atom. The Morgan fingerprint density at radius 2 is 0.722 bits per heavy atom. The van der Waals surface area contributed by atoms with Gasteiger partial charge < -0.3 is 21.3 Å². The van der Waals surface area contributed by atoms with Crippen molar-refractivity contribution in [2.45, 2.75) is 0 Å². The molecule has 54 heavy (non-hydrogen) atoms. The fraction of sp³-hybridized carbons (Fsp3) is 0. The monoisotopic (exact) mass is 696 g/mol. The van der Waals surface area contributed by atoms with E-state index in [-0.39, 0.29) is 12.5 Å². The quantitative estimate of drug-likeness (QED) is 0.139. The zero-order valence-corrected chi connectivity index (χ0v) is 29.3. The summed E-state index contributed by atoms with van der Waals surface area (Å²) < 4.78 is 14.3. The number of nitrogens with zero attached hydrogens (tertiary/aromatic N) is 2. The highest BCUT2D eigenvalue weighted by molar-refractivity contribution is 7.00. The molecule has 0 saturated heterocycles. The van der Waals surface area contributed by atoms with Crippen LogP contribution in [0, 0.1) is 5.82 Å². The number of hydrogen-bond donors (Lipinski definition) is 2. The van der Waals surface area contributed by atoms with Gasteiger partial charge in [-0.15, -0.1) is 0 Å². The van der Waals surface area contributed by atoms with Gasteiger partial charge in [0.15, 0.2) is 0 Å². The molecule has 2 heterocycles. The van der Waals surface area contributed by atoms with E-state index in [0.29, 0.717) is 0 Å². The largest absolute Gasteiger partial charge is 0.399 e. The van der Waals surface area contributed by atoms with Crippen LogP contribution in [0.25, 0.3) is 33.4 Å². The van der Waals surface area contributed by atoms with Crippen LogP contribution in [0.3, 0.4) is 0 Å². The van der Waals surface area contributed by atoms with Gasteiger partial charge in [-0.3, -0.25) is 0 Å². The van der Waals surface area contributed by atoms with Gasteiger partial charge in [0.1, 0.15) is 5.82 Å². The summed E-state index contributed by atoms with van der Waals surface area (Å²) in [6.07, 6.45) is 0. The van der Waals surface area contributed by atoms with Crippen LogP contribution in [0.4, 0.5) is 49.9 Å². The van der Waals surface area contributed by atoms with E-state index in [1.165, 1.54) is 28.5 Å². The predicted octanol–water partition coefficient (Wildman–Crippen LogP) is 10.1. The fourth-order valence-electron chi connectivity index (χ4n) is 8.22. The van der Waals surface area contributed by atoms with Crippen LogP contribution < -0.4 is 37.7 Å². The van der Waals surface area contributed by atoms with E-state index in [0.717, 1.165) is 78.9 Å². The van der Waals surface area contributed by atoms with Crippen LogP contribution in [0.2, 0.25) is 0 Å². The molecule has 2 aliphatic heterocycles. The zero-order valence-electron chi connectivity index (χ0n) is 29.3. The number of anilines is 8. The number of para-hydroxylation sites is 2. The second-order valence-corrected chi connectivity index (χ2v) is 14.0. The van der Waals surface area contributed by atoms with Crippen molar-refractivity contribution in [2.24, 2.45) is 0 Å². The number of hydrogen-bond acceptors (Lipinski definition) is 4. The topological polar surface area (TPSA) is 58.5 Å². The Labute approximate surface area is 314 Å². The maximum atomic E-state index is 14.3. The van der Waals surface area contributed by atoms with Gasteiger partial charge in [0.05, 0.1) is 0 Å². The molecule has 10 rings (SSSR count). The minimum atomic E-state index is -0.258. The molecule has 256 valence electrons. The van der Waals surface area contributed by atoms with E-state index in [4.69, 9.17) is 11.5 Å². The first kappa shape index (κ1) is 31.7. The molecule has 0 saturated carbocycles. The van der Waals surface area contributed by atoms with Crippen molar-refractivity contribution >= 4 is 68.6 Å². The van der Waals surface area contributed by atoms with Crippen LogP contribution in [0.15, 0.2) is 182 Å². The minimum absolute atomic E-state index is 0.000249. The lowest BCUT2D eigenvalue weighted by atomic mass is 9.33. The Kier molecular flexibility index (Phi) is 7.37. The first-order valence-electron chi connectivity index (χ1n) is 18.1. The first-order chi connectivity index (χ1) is 26.5. The highest BCUT2D eigenvalue weighted by atomic mass is 19.1. The SMILES string of the molecule is Nc1ccc(-c2ccc(N3c4ccccc4B4c5ccccc5N(c5ccc(-c6ccc(N)cc6)cc5)c5cc(-c6ccc(F)cc6)cc3c54)cc2)cc1. The van der Waals surface area contributed by atoms with E-state index >= 15 is 0 Å². The minimum Gasteiger partial charge on any atom is -0.399 e. The third kappa shape index (κ3) is 5.22. The summed E-state index contributed by atoms with van der Waals surface area (Å²) in [5.74, 6) is -0.258. The molecule has 2 aliphatic rings. The van der Waals surface area contributed by atoms with E-state index in [1.54, 1.807) is 0 Å². The molecule has 8 aromatic rings. The summed E-state index contributed by atoms with van der Waals surface area (Å²) in [7, 11) is 0. The Bertz CT molecular complexity index is 2510. The summed E-state index contributed by atoms with van der Waals surface area (Å²) >= 11 is 0. The highest BCUT2D eigenvalue weighted by Gasteiger charge is 2.43. The van der Waals surface area contributed by atoms with Crippen LogP contribution in [0.1, 0.15) is 0 Å². The molecule has 0 amide bonds. The summed E-state index contributed by atoms with van der Waals surface area (Å²) in [6, 6.07) is 62.3. The van der Waals surface area contributed by atoms with Gasteiger partial charge in [-0.2, -0.15) is 0 Å². The van der Waals surface area contributed by atoms with Crippen molar-refractivity contribution < 1.29 is 4.39 Å². The molecule has 0 radical (unpaired) electrons. The third-order valence-corrected chi connectivity index (χ3v) is 10.8. The number of nitrogen functional groups attached to an aromatic ring is 2. The molecule has 0 spiro atoms. The van der Waals surface area contributed by atoms with Gasteiger partial charge in [-0.25, -0.2) is 4.39 Å². The van der Waals surface area contributed by atoms with Crippen molar-refractivity contribution in [2.75, 3.05) is 21.3 Å². The molecule has 8 aromatic carbocycles. The van der Waals surface area contributed by atoms with Gasteiger partial charge in [0, 0.05) is 45.5 Å². The average molecular weight is 697 g/mol. The molecular formula is C48H34BFN4. The summed E-state index contributed by atoms with van der Waals surface area (Å²) in [6.45, 7) is 0.000249. The zero-order chi connectivity index (χ0) is 36.3. The average Bonchev–Trinajstić information content (AvgIpc) is 3.22. The lowest BCUT2D eigenvalue weighted by molar-refractivity contribution is 0.628. The molecule has 0 aliphatic carbocycles. The van der Waals surface area contributed by atoms with Crippen LogP contribution in [0.5, 0.6) is 0 Å². The number of halogens is 1. The molecule has 0 unspecified atom stereocenters. The maximum absolute atomic E-state index is 14.3. The van der Waals surface area contributed by atoms with E-state index in [1.807, 2.05) is 36.4 Å². The fourth-order valence-corrected chi connectivity index (χ4v) is 8.22. The van der Waals surface area contributed by atoms with Crippen molar-refractivity contribution in [3.8, 4) is 33.4 Å². The molecule has 0 atom stereocenters. The molecule has 4 nitrogen and oxygen atoms in total. The molecule has 0 fully saturated rings. The number of nitrogens with two attached hydrogens (primary N) is 2. The maximum Gasteiger partial charge on any atom is 0.252 e. The molecule has 0 bridgehead atoms.